The monoisotopic (exact) mass is 320 g/mol. The molecule has 2 rings (SSSR count). The standard InChI is InChI=1S/C17H24N2O4/c1-12-7-5-9-14(19(21)22)15(12)18-10-6-8-13(11-18)17(2,3)16(20)23-4/h5,7,9,13H,6,8,10-11H2,1-4H3. The van der Waals surface area contributed by atoms with Gasteiger partial charge in [0.15, 0.2) is 0 Å². The summed E-state index contributed by atoms with van der Waals surface area (Å²) in [6.07, 6.45) is 1.81. The summed E-state index contributed by atoms with van der Waals surface area (Å²) < 4.78 is 4.93. The van der Waals surface area contributed by atoms with Crippen LogP contribution in [0.1, 0.15) is 32.3 Å². The molecule has 6 heteroatoms. The summed E-state index contributed by atoms with van der Waals surface area (Å²) in [6, 6.07) is 5.13. The fourth-order valence-electron chi connectivity index (χ4n) is 3.40. The van der Waals surface area contributed by atoms with Gasteiger partial charge in [0.1, 0.15) is 5.69 Å². The topological polar surface area (TPSA) is 72.7 Å². The van der Waals surface area contributed by atoms with Crippen LogP contribution in [0, 0.1) is 28.4 Å². The van der Waals surface area contributed by atoms with Crippen LogP contribution in [-0.4, -0.2) is 31.1 Å². The number of nitro benzene ring substituents is 1. The molecule has 1 aliphatic heterocycles. The Kier molecular flexibility index (Phi) is 4.92. The quantitative estimate of drug-likeness (QED) is 0.483. The highest BCUT2D eigenvalue weighted by molar-refractivity contribution is 5.76. The molecule has 126 valence electrons. The third-order valence-electron chi connectivity index (χ3n) is 4.88. The van der Waals surface area contributed by atoms with Gasteiger partial charge in [-0.3, -0.25) is 14.9 Å². The van der Waals surface area contributed by atoms with E-state index in [4.69, 9.17) is 4.74 Å². The summed E-state index contributed by atoms with van der Waals surface area (Å²) in [4.78, 5) is 25.1. The van der Waals surface area contributed by atoms with E-state index < -0.39 is 5.41 Å². The van der Waals surface area contributed by atoms with Crippen molar-refractivity contribution >= 4 is 17.3 Å². The van der Waals surface area contributed by atoms with Gasteiger partial charge in [0.25, 0.3) is 5.69 Å². The molecule has 1 aliphatic rings. The lowest BCUT2D eigenvalue weighted by Gasteiger charge is -2.41. The van der Waals surface area contributed by atoms with Crippen LogP contribution in [0.25, 0.3) is 0 Å². The SMILES string of the molecule is COC(=O)C(C)(C)C1CCCN(c2c(C)cccc2[N+](=O)[O-])C1. The summed E-state index contributed by atoms with van der Waals surface area (Å²) in [5, 5.41) is 11.4. The van der Waals surface area contributed by atoms with E-state index in [0.29, 0.717) is 12.2 Å². The Morgan fingerprint density at radius 2 is 2.13 bits per heavy atom. The number of carbonyl (C=O) groups is 1. The maximum absolute atomic E-state index is 12.1. The second kappa shape index (κ2) is 6.56. The lowest BCUT2D eigenvalue weighted by Crippen LogP contribution is -2.45. The lowest BCUT2D eigenvalue weighted by molar-refractivity contribution is -0.384. The molecule has 0 spiro atoms. The second-order valence-electron chi connectivity index (χ2n) is 6.70. The van der Waals surface area contributed by atoms with Crippen LogP contribution in [0.5, 0.6) is 0 Å². The van der Waals surface area contributed by atoms with Crippen LogP contribution >= 0.6 is 0 Å². The van der Waals surface area contributed by atoms with Gasteiger partial charge in [-0.2, -0.15) is 0 Å². The van der Waals surface area contributed by atoms with Crippen LogP contribution < -0.4 is 4.90 Å². The number of piperidine rings is 1. The van der Waals surface area contributed by atoms with Gasteiger partial charge in [-0.1, -0.05) is 12.1 Å². The Morgan fingerprint density at radius 1 is 1.43 bits per heavy atom. The normalized spacial score (nSPS) is 18.6. The van der Waals surface area contributed by atoms with E-state index in [1.54, 1.807) is 6.07 Å². The Morgan fingerprint density at radius 3 is 2.74 bits per heavy atom. The van der Waals surface area contributed by atoms with Gasteiger partial charge < -0.3 is 9.64 Å². The van der Waals surface area contributed by atoms with Crippen molar-refractivity contribution < 1.29 is 14.5 Å². The number of hydrogen-bond donors (Lipinski definition) is 0. The second-order valence-corrected chi connectivity index (χ2v) is 6.70. The van der Waals surface area contributed by atoms with Crippen LogP contribution in [0.2, 0.25) is 0 Å². The first-order valence-electron chi connectivity index (χ1n) is 7.86. The number of para-hydroxylation sites is 1. The molecule has 1 aromatic carbocycles. The van der Waals surface area contributed by atoms with Crippen LogP contribution in [0.15, 0.2) is 18.2 Å². The van der Waals surface area contributed by atoms with Crippen molar-refractivity contribution in [2.24, 2.45) is 11.3 Å². The van der Waals surface area contributed by atoms with E-state index >= 15 is 0 Å². The van der Waals surface area contributed by atoms with Crippen molar-refractivity contribution in [2.75, 3.05) is 25.1 Å². The molecule has 1 unspecified atom stereocenters. The van der Waals surface area contributed by atoms with E-state index in [1.807, 2.05) is 31.7 Å². The number of benzene rings is 1. The van der Waals surface area contributed by atoms with E-state index in [0.717, 1.165) is 24.9 Å². The van der Waals surface area contributed by atoms with E-state index in [-0.39, 0.29) is 22.5 Å². The number of ether oxygens (including phenoxy) is 1. The molecular formula is C17H24N2O4. The zero-order valence-corrected chi connectivity index (χ0v) is 14.2. The van der Waals surface area contributed by atoms with Crippen LogP contribution in [-0.2, 0) is 9.53 Å². The van der Waals surface area contributed by atoms with Gasteiger partial charge in [-0.15, -0.1) is 0 Å². The molecule has 1 heterocycles. The van der Waals surface area contributed by atoms with Crippen LogP contribution in [0.3, 0.4) is 0 Å². The Balaban J connectivity index is 2.33. The van der Waals surface area contributed by atoms with Crippen molar-refractivity contribution in [3.8, 4) is 0 Å². The third-order valence-corrected chi connectivity index (χ3v) is 4.88. The predicted molar refractivity (Wildman–Crippen MR) is 88.6 cm³/mol. The fraction of sp³-hybridized carbons (Fsp3) is 0.588. The number of aryl methyl sites for hydroxylation is 1. The highest BCUT2D eigenvalue weighted by atomic mass is 16.6. The Hall–Kier alpha value is -2.11. The molecule has 0 amide bonds. The first-order valence-corrected chi connectivity index (χ1v) is 7.86. The first-order chi connectivity index (χ1) is 10.8. The minimum Gasteiger partial charge on any atom is -0.469 e. The molecule has 1 atom stereocenters. The van der Waals surface area contributed by atoms with Crippen molar-refractivity contribution in [3.63, 3.8) is 0 Å². The summed E-state index contributed by atoms with van der Waals surface area (Å²) in [5.41, 5.74) is 1.07. The zero-order valence-electron chi connectivity index (χ0n) is 14.2. The number of rotatable bonds is 4. The number of anilines is 1. The average molecular weight is 320 g/mol. The number of hydrogen-bond acceptors (Lipinski definition) is 5. The van der Waals surface area contributed by atoms with Gasteiger partial charge in [-0.05, 0) is 45.1 Å². The first kappa shape index (κ1) is 17.2. The molecule has 1 saturated heterocycles. The highest BCUT2D eigenvalue weighted by Gasteiger charge is 2.41. The molecule has 0 saturated carbocycles. The van der Waals surface area contributed by atoms with Crippen molar-refractivity contribution in [1.82, 2.24) is 0 Å². The molecule has 6 nitrogen and oxygen atoms in total. The molecule has 1 fully saturated rings. The smallest absolute Gasteiger partial charge is 0.311 e. The molecule has 0 aromatic heterocycles. The maximum atomic E-state index is 12.1. The van der Waals surface area contributed by atoms with Gasteiger partial charge in [0.2, 0.25) is 0 Å². The summed E-state index contributed by atoms with van der Waals surface area (Å²) in [5.74, 6) is -0.133. The largest absolute Gasteiger partial charge is 0.469 e. The maximum Gasteiger partial charge on any atom is 0.311 e. The fourth-order valence-corrected chi connectivity index (χ4v) is 3.40. The highest BCUT2D eigenvalue weighted by Crippen LogP contribution is 2.39. The zero-order chi connectivity index (χ0) is 17.2. The number of nitrogens with zero attached hydrogens (tertiary/aromatic N) is 2. The van der Waals surface area contributed by atoms with Gasteiger partial charge in [-0.25, -0.2) is 0 Å². The number of carbonyl (C=O) groups excluding carboxylic acids is 1. The summed E-state index contributed by atoms with van der Waals surface area (Å²) in [7, 11) is 1.40. The summed E-state index contributed by atoms with van der Waals surface area (Å²) in [6.45, 7) is 7.04. The third kappa shape index (κ3) is 3.30. The molecule has 1 aromatic rings. The minimum absolute atomic E-state index is 0.0999. The van der Waals surface area contributed by atoms with Gasteiger partial charge >= 0.3 is 5.97 Å². The Labute approximate surface area is 136 Å². The Bertz CT molecular complexity index is 613. The lowest BCUT2D eigenvalue weighted by atomic mass is 9.74. The van der Waals surface area contributed by atoms with Gasteiger partial charge in [0, 0.05) is 19.2 Å². The number of nitro groups is 1. The molecule has 0 aliphatic carbocycles. The average Bonchev–Trinajstić information content (AvgIpc) is 2.53. The molecule has 0 bridgehead atoms. The molecule has 23 heavy (non-hydrogen) atoms. The molecular weight excluding hydrogens is 296 g/mol. The summed E-state index contributed by atoms with van der Waals surface area (Å²) >= 11 is 0. The van der Waals surface area contributed by atoms with Crippen LogP contribution in [0.4, 0.5) is 11.4 Å². The predicted octanol–water partition coefficient (Wildman–Crippen LogP) is 3.32. The minimum atomic E-state index is -0.606. The molecule has 0 radical (unpaired) electrons. The number of methoxy groups -OCH3 is 1. The van der Waals surface area contributed by atoms with Gasteiger partial charge in [0.05, 0.1) is 17.4 Å². The van der Waals surface area contributed by atoms with Crippen molar-refractivity contribution in [1.29, 1.82) is 0 Å². The van der Waals surface area contributed by atoms with E-state index in [2.05, 4.69) is 0 Å². The number of esters is 1. The van der Waals surface area contributed by atoms with E-state index in [9.17, 15) is 14.9 Å². The molecule has 0 N–H and O–H groups in total. The van der Waals surface area contributed by atoms with Crippen molar-refractivity contribution in [3.05, 3.63) is 33.9 Å². The van der Waals surface area contributed by atoms with E-state index in [1.165, 1.54) is 13.2 Å². The van der Waals surface area contributed by atoms with Crippen molar-refractivity contribution in [2.45, 2.75) is 33.6 Å².